The summed E-state index contributed by atoms with van der Waals surface area (Å²) in [6.07, 6.45) is 15.1. The summed E-state index contributed by atoms with van der Waals surface area (Å²) in [6, 6.07) is 8.75. The van der Waals surface area contributed by atoms with Crippen molar-refractivity contribution in [3.63, 3.8) is 0 Å². The highest BCUT2D eigenvalue weighted by atomic mass is 16.2. The first-order valence-electron chi connectivity index (χ1n) is 14.0. The molecule has 2 saturated carbocycles. The van der Waals surface area contributed by atoms with Crippen molar-refractivity contribution in [2.75, 3.05) is 0 Å². The summed E-state index contributed by atoms with van der Waals surface area (Å²) in [5, 5.41) is 0.539. The largest absolute Gasteiger partial charge is 0.332 e. The van der Waals surface area contributed by atoms with Gasteiger partial charge in [-0.15, -0.1) is 0 Å². The fraction of sp³-hybridized carbons (Fsp3) is 0.690. The molecule has 4 aliphatic rings. The summed E-state index contributed by atoms with van der Waals surface area (Å²) in [7, 11) is 0. The SMILES string of the molecule is CC(=O)Cn1c(=O)n([C@H]2C[C@H]3CCC[C@@H](C2)N3C2C[C@H]3CCCC[C@@H](C2)C3)c(=O)c2ccccc21. The van der Waals surface area contributed by atoms with Gasteiger partial charge in [-0.25, -0.2) is 4.79 Å². The van der Waals surface area contributed by atoms with Crippen LogP contribution in [0.25, 0.3) is 10.9 Å². The molecule has 0 amide bonds. The van der Waals surface area contributed by atoms with Crippen LogP contribution in [-0.4, -0.2) is 37.9 Å². The Hall–Kier alpha value is -2.21. The van der Waals surface area contributed by atoms with E-state index in [1.807, 2.05) is 12.1 Å². The molecule has 3 heterocycles. The molecular formula is C29H39N3O3. The van der Waals surface area contributed by atoms with Crippen LogP contribution in [0.15, 0.2) is 33.9 Å². The molecule has 2 saturated heterocycles. The highest BCUT2D eigenvalue weighted by Crippen LogP contribution is 2.46. The number of benzene rings is 1. The van der Waals surface area contributed by atoms with Gasteiger partial charge in [0.1, 0.15) is 5.78 Å². The second-order valence-electron chi connectivity index (χ2n) is 12.0. The third-order valence-electron chi connectivity index (χ3n) is 9.61. The lowest BCUT2D eigenvalue weighted by atomic mass is 9.73. The number of fused-ring (bicyclic) bond motifs is 5. The second kappa shape index (κ2) is 9.34. The summed E-state index contributed by atoms with van der Waals surface area (Å²) < 4.78 is 3.04. The van der Waals surface area contributed by atoms with Gasteiger partial charge in [-0.3, -0.25) is 23.6 Å². The van der Waals surface area contributed by atoms with Crippen molar-refractivity contribution in [2.24, 2.45) is 11.8 Å². The van der Waals surface area contributed by atoms with E-state index < -0.39 is 0 Å². The van der Waals surface area contributed by atoms with E-state index in [1.54, 1.807) is 12.1 Å². The molecule has 2 aliphatic carbocycles. The Kier molecular flexibility index (Phi) is 6.20. The molecule has 6 heteroatoms. The summed E-state index contributed by atoms with van der Waals surface area (Å²) in [5.41, 5.74) is 0.0612. The fourth-order valence-electron chi connectivity index (χ4n) is 8.34. The number of Topliss-reactive ketones (excluding diaryl/α,β-unsaturated/α-hetero) is 1. The summed E-state index contributed by atoms with van der Waals surface area (Å²) in [6.45, 7) is 1.51. The standard InChI is InChI=1S/C29H39N3O3/c1-19(33)18-30-27-12-5-4-11-26(27)28(34)32(29(30)35)25-16-22-9-6-10-23(17-25)31(22)24-14-20-7-2-3-8-21(13-20)15-24/h4-5,11-12,20-25H,2-3,6-10,13-18H2,1H3/t20-,21+,22-,23+,24?,25+. The van der Waals surface area contributed by atoms with Gasteiger partial charge in [-0.05, 0) is 75.8 Å². The second-order valence-corrected chi connectivity index (χ2v) is 12.0. The van der Waals surface area contributed by atoms with E-state index in [-0.39, 0.29) is 29.6 Å². The Bertz CT molecular complexity index is 1200. The number of aromatic nitrogens is 2. The number of piperidine rings is 2. The molecule has 0 radical (unpaired) electrons. The lowest BCUT2D eigenvalue weighted by Crippen LogP contribution is -2.59. The average Bonchev–Trinajstić information content (AvgIpc) is 3.00. The molecule has 0 N–H and O–H groups in total. The number of para-hydroxylation sites is 1. The first-order valence-corrected chi connectivity index (χ1v) is 14.0. The first kappa shape index (κ1) is 23.2. The minimum Gasteiger partial charge on any atom is -0.298 e. The maximum atomic E-state index is 13.7. The Morgan fingerprint density at radius 1 is 0.800 bits per heavy atom. The van der Waals surface area contributed by atoms with Crippen LogP contribution >= 0.6 is 0 Å². The fourth-order valence-corrected chi connectivity index (χ4v) is 8.34. The molecule has 2 aromatic rings. The predicted molar refractivity (Wildman–Crippen MR) is 138 cm³/mol. The van der Waals surface area contributed by atoms with E-state index in [9.17, 15) is 14.4 Å². The normalized spacial score (nSPS) is 33.4. The Morgan fingerprint density at radius 2 is 1.46 bits per heavy atom. The van der Waals surface area contributed by atoms with E-state index in [1.165, 1.54) is 80.3 Å². The quantitative estimate of drug-likeness (QED) is 0.642. The van der Waals surface area contributed by atoms with E-state index in [4.69, 9.17) is 0 Å². The number of rotatable bonds is 4. The highest BCUT2D eigenvalue weighted by molar-refractivity contribution is 5.81. The van der Waals surface area contributed by atoms with Gasteiger partial charge in [0.2, 0.25) is 0 Å². The van der Waals surface area contributed by atoms with Crippen LogP contribution in [0, 0.1) is 11.8 Å². The number of carbonyl (C=O) groups excluding carboxylic acids is 1. The topological polar surface area (TPSA) is 64.3 Å². The number of hydrogen-bond donors (Lipinski definition) is 0. The van der Waals surface area contributed by atoms with Crippen LogP contribution in [0.3, 0.4) is 0 Å². The third-order valence-corrected chi connectivity index (χ3v) is 9.61. The average molecular weight is 478 g/mol. The lowest BCUT2D eigenvalue weighted by Gasteiger charge is -2.54. The van der Waals surface area contributed by atoms with Crippen molar-refractivity contribution in [3.8, 4) is 0 Å². The molecule has 0 spiro atoms. The molecule has 6 atom stereocenters. The lowest BCUT2D eigenvalue weighted by molar-refractivity contribution is -0.117. The van der Waals surface area contributed by atoms with E-state index in [0.717, 1.165) is 24.7 Å². The van der Waals surface area contributed by atoms with Crippen molar-refractivity contribution in [1.29, 1.82) is 0 Å². The molecule has 4 bridgehead atoms. The molecule has 6 nitrogen and oxygen atoms in total. The Balaban J connectivity index is 1.34. The van der Waals surface area contributed by atoms with Gasteiger partial charge >= 0.3 is 5.69 Å². The van der Waals surface area contributed by atoms with Gasteiger partial charge < -0.3 is 0 Å². The van der Waals surface area contributed by atoms with Crippen molar-refractivity contribution in [1.82, 2.24) is 14.0 Å². The van der Waals surface area contributed by atoms with Crippen LogP contribution in [-0.2, 0) is 11.3 Å². The van der Waals surface area contributed by atoms with E-state index in [2.05, 4.69) is 4.90 Å². The smallest absolute Gasteiger partial charge is 0.298 e. The van der Waals surface area contributed by atoms with Gasteiger partial charge in [0, 0.05) is 24.2 Å². The monoisotopic (exact) mass is 477 g/mol. The zero-order chi connectivity index (χ0) is 24.1. The molecular weight excluding hydrogens is 438 g/mol. The minimum atomic E-state index is -0.316. The molecule has 2 aliphatic heterocycles. The summed E-state index contributed by atoms with van der Waals surface area (Å²) in [4.78, 5) is 42.2. The first-order chi connectivity index (χ1) is 17.0. The highest BCUT2D eigenvalue weighted by Gasteiger charge is 2.45. The minimum absolute atomic E-state index is 0.0101. The summed E-state index contributed by atoms with van der Waals surface area (Å²) in [5.74, 6) is 1.70. The molecule has 1 aromatic carbocycles. The zero-order valence-corrected chi connectivity index (χ0v) is 21.0. The van der Waals surface area contributed by atoms with Gasteiger partial charge in [0.15, 0.2) is 0 Å². The Labute approximate surface area is 207 Å². The molecule has 35 heavy (non-hydrogen) atoms. The molecule has 188 valence electrons. The number of ketones is 1. The van der Waals surface area contributed by atoms with E-state index >= 15 is 0 Å². The predicted octanol–water partition coefficient (Wildman–Crippen LogP) is 4.67. The molecule has 1 aromatic heterocycles. The third kappa shape index (κ3) is 4.22. The number of hydrogen-bond acceptors (Lipinski definition) is 4. The van der Waals surface area contributed by atoms with Crippen molar-refractivity contribution >= 4 is 16.7 Å². The van der Waals surface area contributed by atoms with Gasteiger partial charge in [-0.2, -0.15) is 0 Å². The number of carbonyl (C=O) groups is 1. The van der Waals surface area contributed by atoms with Crippen molar-refractivity contribution in [3.05, 3.63) is 45.1 Å². The van der Waals surface area contributed by atoms with Gasteiger partial charge in [0.25, 0.3) is 5.56 Å². The van der Waals surface area contributed by atoms with Crippen LogP contribution in [0.2, 0.25) is 0 Å². The maximum Gasteiger partial charge on any atom is 0.332 e. The van der Waals surface area contributed by atoms with Gasteiger partial charge in [0.05, 0.1) is 17.4 Å². The van der Waals surface area contributed by atoms with Crippen molar-refractivity contribution < 1.29 is 4.79 Å². The Morgan fingerprint density at radius 3 is 2.11 bits per heavy atom. The van der Waals surface area contributed by atoms with Gasteiger partial charge in [-0.1, -0.05) is 44.2 Å². The van der Waals surface area contributed by atoms with Crippen LogP contribution < -0.4 is 11.2 Å². The van der Waals surface area contributed by atoms with Crippen LogP contribution in [0.1, 0.15) is 90.0 Å². The van der Waals surface area contributed by atoms with E-state index in [0.29, 0.717) is 29.0 Å². The molecule has 4 fully saturated rings. The van der Waals surface area contributed by atoms with Crippen molar-refractivity contribution in [2.45, 2.75) is 115 Å². The number of nitrogens with zero attached hydrogens (tertiary/aromatic N) is 3. The maximum absolute atomic E-state index is 13.7. The van der Waals surface area contributed by atoms with Crippen LogP contribution in [0.5, 0.6) is 0 Å². The zero-order valence-electron chi connectivity index (χ0n) is 21.0. The summed E-state index contributed by atoms with van der Waals surface area (Å²) >= 11 is 0. The molecule has 1 unspecified atom stereocenters. The van der Waals surface area contributed by atoms with Crippen LogP contribution in [0.4, 0.5) is 0 Å². The molecule has 6 rings (SSSR count).